The van der Waals surface area contributed by atoms with Crippen LogP contribution in [0.25, 0.3) is 0 Å². The van der Waals surface area contributed by atoms with Crippen LogP contribution in [0.5, 0.6) is 0 Å². The highest BCUT2D eigenvalue weighted by Gasteiger charge is 2.33. The van der Waals surface area contributed by atoms with Crippen molar-refractivity contribution in [3.8, 4) is 0 Å². The summed E-state index contributed by atoms with van der Waals surface area (Å²) in [6.45, 7) is 0. The van der Waals surface area contributed by atoms with Crippen LogP contribution in [0.2, 0.25) is 0 Å². The van der Waals surface area contributed by atoms with E-state index >= 15 is 0 Å². The second kappa shape index (κ2) is 3.64. The van der Waals surface area contributed by atoms with Crippen molar-refractivity contribution in [1.82, 2.24) is 0 Å². The van der Waals surface area contributed by atoms with Crippen molar-refractivity contribution >= 4 is 10.1 Å². The zero-order valence-corrected chi connectivity index (χ0v) is 9.07. The van der Waals surface area contributed by atoms with Gasteiger partial charge in [-0.1, -0.05) is 11.6 Å². The van der Waals surface area contributed by atoms with Gasteiger partial charge in [0.05, 0.1) is 11.0 Å². The molecule has 0 aromatic heterocycles. The molecule has 4 nitrogen and oxygen atoms in total. The maximum atomic E-state index is 11.0. The minimum Gasteiger partial charge on any atom is -0.512 e. The molecular weight excluding hydrogens is 216 g/mol. The second-order valence-corrected chi connectivity index (χ2v) is 5.92. The first-order valence-corrected chi connectivity index (χ1v) is 6.52. The highest BCUT2D eigenvalue weighted by Crippen LogP contribution is 2.38. The Morgan fingerprint density at radius 3 is 2.60 bits per heavy atom. The molecule has 2 atom stereocenters. The van der Waals surface area contributed by atoms with Gasteiger partial charge in [0.25, 0.3) is 10.1 Å². The van der Waals surface area contributed by atoms with Gasteiger partial charge in [-0.05, 0) is 31.3 Å². The van der Waals surface area contributed by atoms with Gasteiger partial charge in [0.1, 0.15) is 0 Å². The molecule has 0 bridgehead atoms. The van der Waals surface area contributed by atoms with Gasteiger partial charge in [0.2, 0.25) is 0 Å². The average molecular weight is 230 g/mol. The van der Waals surface area contributed by atoms with Crippen molar-refractivity contribution in [3.05, 3.63) is 23.5 Å². The van der Waals surface area contributed by atoms with E-state index < -0.39 is 15.4 Å². The SMILES string of the molecule is O=S(=O)(O)C1CCC2CC(O)=CC=C2C1. The second-order valence-electron chi connectivity index (χ2n) is 4.22. The number of hydrogen-bond donors (Lipinski definition) is 2. The smallest absolute Gasteiger partial charge is 0.268 e. The lowest BCUT2D eigenvalue weighted by Crippen LogP contribution is -2.29. The molecule has 0 spiro atoms. The van der Waals surface area contributed by atoms with Crippen molar-refractivity contribution in [1.29, 1.82) is 0 Å². The Morgan fingerprint density at radius 2 is 1.93 bits per heavy atom. The molecule has 2 aliphatic carbocycles. The topological polar surface area (TPSA) is 74.6 Å². The Bertz CT molecular complexity index is 419. The van der Waals surface area contributed by atoms with Crippen LogP contribution >= 0.6 is 0 Å². The van der Waals surface area contributed by atoms with Gasteiger partial charge in [0.15, 0.2) is 0 Å². The highest BCUT2D eigenvalue weighted by molar-refractivity contribution is 7.86. The summed E-state index contributed by atoms with van der Waals surface area (Å²) in [6.07, 6.45) is 5.58. The largest absolute Gasteiger partial charge is 0.512 e. The summed E-state index contributed by atoms with van der Waals surface area (Å²) in [5.74, 6) is 0.613. The average Bonchev–Trinajstić information content (AvgIpc) is 2.15. The molecule has 1 saturated carbocycles. The minimum absolute atomic E-state index is 0.257. The molecule has 15 heavy (non-hydrogen) atoms. The van der Waals surface area contributed by atoms with Crippen LogP contribution in [0.4, 0.5) is 0 Å². The van der Waals surface area contributed by atoms with Crippen LogP contribution in [0.15, 0.2) is 23.5 Å². The van der Waals surface area contributed by atoms with E-state index in [2.05, 4.69) is 0 Å². The molecule has 2 N–H and O–H groups in total. The molecule has 0 aromatic carbocycles. The van der Waals surface area contributed by atoms with E-state index in [0.29, 0.717) is 31.4 Å². The van der Waals surface area contributed by atoms with E-state index in [1.807, 2.05) is 0 Å². The third kappa shape index (κ3) is 2.23. The molecule has 0 aromatic rings. The molecular formula is C10H14O4S. The fraction of sp³-hybridized carbons (Fsp3) is 0.600. The van der Waals surface area contributed by atoms with Gasteiger partial charge >= 0.3 is 0 Å². The number of allylic oxidation sites excluding steroid dienone is 4. The molecule has 0 radical (unpaired) electrons. The van der Waals surface area contributed by atoms with Crippen LogP contribution < -0.4 is 0 Å². The molecule has 0 heterocycles. The Balaban J connectivity index is 2.18. The fourth-order valence-electron chi connectivity index (χ4n) is 2.32. The zero-order chi connectivity index (χ0) is 11.1. The summed E-state index contributed by atoms with van der Waals surface area (Å²) >= 11 is 0. The maximum Gasteiger partial charge on any atom is 0.268 e. The van der Waals surface area contributed by atoms with Gasteiger partial charge in [-0.15, -0.1) is 0 Å². The maximum absolute atomic E-state index is 11.0. The number of hydrogen-bond acceptors (Lipinski definition) is 3. The number of rotatable bonds is 1. The van der Waals surface area contributed by atoms with Crippen LogP contribution in [-0.4, -0.2) is 23.3 Å². The molecule has 84 valence electrons. The van der Waals surface area contributed by atoms with Gasteiger partial charge in [-0.2, -0.15) is 8.42 Å². The third-order valence-electron chi connectivity index (χ3n) is 3.19. The van der Waals surface area contributed by atoms with E-state index in [4.69, 9.17) is 4.55 Å². The van der Waals surface area contributed by atoms with Crippen LogP contribution in [0, 0.1) is 5.92 Å². The summed E-state index contributed by atoms with van der Waals surface area (Å²) in [4.78, 5) is 0. The molecule has 1 fully saturated rings. The third-order valence-corrected chi connectivity index (χ3v) is 4.44. The first-order chi connectivity index (χ1) is 6.97. The molecule has 0 aliphatic heterocycles. The Labute approximate surface area is 89.1 Å². The number of fused-ring (bicyclic) bond motifs is 1. The minimum atomic E-state index is -3.91. The van der Waals surface area contributed by atoms with E-state index in [-0.39, 0.29) is 5.92 Å². The van der Waals surface area contributed by atoms with Gasteiger partial charge in [0, 0.05) is 6.42 Å². The summed E-state index contributed by atoms with van der Waals surface area (Å²) in [5, 5.41) is 8.66. The lowest BCUT2D eigenvalue weighted by molar-refractivity contribution is 0.330. The normalized spacial score (nSPS) is 31.5. The van der Waals surface area contributed by atoms with Crippen molar-refractivity contribution in [3.63, 3.8) is 0 Å². The highest BCUT2D eigenvalue weighted by atomic mass is 32.2. The van der Waals surface area contributed by atoms with Gasteiger partial charge < -0.3 is 5.11 Å². The monoisotopic (exact) mass is 230 g/mol. The lowest BCUT2D eigenvalue weighted by atomic mass is 9.79. The summed E-state index contributed by atoms with van der Waals surface area (Å²) in [7, 11) is -3.91. The molecule has 0 amide bonds. The molecule has 5 heteroatoms. The lowest BCUT2D eigenvalue weighted by Gasteiger charge is -2.31. The van der Waals surface area contributed by atoms with Crippen LogP contribution in [0.3, 0.4) is 0 Å². The van der Waals surface area contributed by atoms with Crippen molar-refractivity contribution in [2.45, 2.75) is 30.9 Å². The first-order valence-electron chi connectivity index (χ1n) is 5.01. The molecule has 2 rings (SSSR count). The van der Waals surface area contributed by atoms with Crippen molar-refractivity contribution < 1.29 is 18.1 Å². The number of aliphatic hydroxyl groups is 1. The predicted molar refractivity (Wildman–Crippen MR) is 56.1 cm³/mol. The molecule has 0 saturated heterocycles. The van der Waals surface area contributed by atoms with Crippen molar-refractivity contribution in [2.24, 2.45) is 5.92 Å². The Morgan fingerprint density at radius 1 is 1.20 bits per heavy atom. The molecule has 2 unspecified atom stereocenters. The van der Waals surface area contributed by atoms with E-state index in [1.54, 1.807) is 12.2 Å². The first kappa shape index (κ1) is 10.7. The Hall–Kier alpha value is -0.810. The summed E-state index contributed by atoms with van der Waals surface area (Å²) in [5.41, 5.74) is 1.03. The summed E-state index contributed by atoms with van der Waals surface area (Å²) < 4.78 is 30.9. The van der Waals surface area contributed by atoms with Gasteiger partial charge in [-0.25, -0.2) is 0 Å². The van der Waals surface area contributed by atoms with E-state index in [0.717, 1.165) is 5.57 Å². The van der Waals surface area contributed by atoms with E-state index in [9.17, 15) is 13.5 Å². The fourth-order valence-corrected chi connectivity index (χ4v) is 3.16. The predicted octanol–water partition coefficient (Wildman–Crippen LogP) is 1.81. The summed E-state index contributed by atoms with van der Waals surface area (Å²) in [6, 6.07) is 0. The van der Waals surface area contributed by atoms with E-state index in [1.165, 1.54) is 0 Å². The van der Waals surface area contributed by atoms with Crippen LogP contribution in [-0.2, 0) is 10.1 Å². The number of aliphatic hydroxyl groups excluding tert-OH is 1. The van der Waals surface area contributed by atoms with Crippen LogP contribution in [0.1, 0.15) is 25.7 Å². The van der Waals surface area contributed by atoms with Gasteiger partial charge in [-0.3, -0.25) is 4.55 Å². The standard InChI is InChI=1S/C10H14O4S/c11-9-3-1-8-6-10(15(12,13)14)4-2-7(8)5-9/h1,3,7,10-11H,2,4-6H2,(H,12,13,14). The Kier molecular flexibility index (Phi) is 2.60. The quantitative estimate of drug-likeness (QED) is 0.674. The molecule has 2 aliphatic rings. The van der Waals surface area contributed by atoms with Crippen molar-refractivity contribution in [2.75, 3.05) is 0 Å². The zero-order valence-electron chi connectivity index (χ0n) is 8.26.